The van der Waals surface area contributed by atoms with Gasteiger partial charge in [-0.25, -0.2) is 0 Å². The molecule has 80 valence electrons. The minimum Gasteiger partial charge on any atom is -0.509 e. The van der Waals surface area contributed by atoms with Gasteiger partial charge >= 0.3 is 0 Å². The molecule has 1 N–H and O–H groups in total. The van der Waals surface area contributed by atoms with Crippen LogP contribution in [-0.2, 0) is 40.1 Å². The molecular weight excluding hydrogens is 351 g/mol. The van der Waals surface area contributed by atoms with E-state index in [0.29, 0.717) is 0 Å². The molecular formula is C9H16HfO4. The zero-order valence-electron chi connectivity index (χ0n) is 8.90. The van der Waals surface area contributed by atoms with Crippen LogP contribution >= 0.6 is 0 Å². The van der Waals surface area contributed by atoms with Crippen molar-refractivity contribution in [3.8, 4) is 0 Å². The standard InChI is InChI=1S/C9H16O4.Hf/c1-6(12-3)8(10)5-9(11)7(2)13-4;/h5-7,10H,1-4H3;/b8-5-;. The number of ether oxygens (including phenoxy) is 2. The Morgan fingerprint density at radius 1 is 1.21 bits per heavy atom. The first-order valence-corrected chi connectivity index (χ1v) is 4.03. The minimum atomic E-state index is -0.536. The average Bonchev–Trinajstić information content (AvgIpc) is 2.14. The van der Waals surface area contributed by atoms with Crippen molar-refractivity contribution in [2.24, 2.45) is 0 Å². The maximum Gasteiger partial charge on any atom is 0.187 e. The van der Waals surface area contributed by atoms with E-state index in [1.807, 2.05) is 0 Å². The van der Waals surface area contributed by atoms with Crippen LogP contribution in [0.25, 0.3) is 0 Å². The number of aliphatic hydroxyl groups excluding tert-OH is 1. The van der Waals surface area contributed by atoms with E-state index >= 15 is 0 Å². The fourth-order valence-corrected chi connectivity index (χ4v) is 0.617. The number of aliphatic hydroxyl groups is 1. The van der Waals surface area contributed by atoms with Gasteiger partial charge in [-0.05, 0) is 13.8 Å². The molecule has 0 rings (SSSR count). The Bertz CT molecular complexity index is 203. The number of hydrogen-bond donors (Lipinski definition) is 1. The Morgan fingerprint density at radius 2 is 1.64 bits per heavy atom. The summed E-state index contributed by atoms with van der Waals surface area (Å²) < 4.78 is 9.60. The van der Waals surface area contributed by atoms with Gasteiger partial charge in [-0.2, -0.15) is 0 Å². The van der Waals surface area contributed by atoms with Crippen molar-refractivity contribution in [2.45, 2.75) is 26.1 Å². The number of carbonyl (C=O) groups excluding carboxylic acids is 1. The van der Waals surface area contributed by atoms with E-state index in [0.717, 1.165) is 6.08 Å². The molecule has 0 heterocycles. The van der Waals surface area contributed by atoms with Crippen molar-refractivity contribution < 1.29 is 45.2 Å². The van der Waals surface area contributed by atoms with E-state index in [1.54, 1.807) is 13.8 Å². The van der Waals surface area contributed by atoms with Gasteiger partial charge in [0, 0.05) is 46.1 Å². The van der Waals surface area contributed by atoms with Crippen LogP contribution in [0.5, 0.6) is 0 Å². The normalized spacial score (nSPS) is 15.6. The molecule has 4 nitrogen and oxygen atoms in total. The number of hydrogen-bond acceptors (Lipinski definition) is 4. The molecule has 0 amide bonds. The van der Waals surface area contributed by atoms with Crippen molar-refractivity contribution in [1.29, 1.82) is 0 Å². The van der Waals surface area contributed by atoms with Gasteiger partial charge in [0.05, 0.1) is 0 Å². The molecule has 5 heteroatoms. The molecule has 0 aromatic rings. The van der Waals surface area contributed by atoms with Gasteiger partial charge in [-0.1, -0.05) is 0 Å². The molecule has 0 radical (unpaired) electrons. The second-order valence-corrected chi connectivity index (χ2v) is 2.73. The van der Waals surface area contributed by atoms with Crippen molar-refractivity contribution in [2.75, 3.05) is 14.2 Å². The zero-order chi connectivity index (χ0) is 10.4. The van der Waals surface area contributed by atoms with E-state index in [4.69, 9.17) is 9.47 Å². The summed E-state index contributed by atoms with van der Waals surface area (Å²) in [5, 5.41) is 9.29. The molecule has 0 fully saturated rings. The summed E-state index contributed by atoms with van der Waals surface area (Å²) in [6.07, 6.45) is 0.127. The molecule has 0 aliphatic heterocycles. The van der Waals surface area contributed by atoms with Crippen molar-refractivity contribution >= 4 is 5.78 Å². The SMILES string of the molecule is COC(C)C(=O)/C=C(\O)C(C)OC.[Hf]. The fraction of sp³-hybridized carbons (Fsp3) is 0.667. The van der Waals surface area contributed by atoms with E-state index in [-0.39, 0.29) is 37.4 Å². The number of carbonyl (C=O) groups is 1. The Balaban J connectivity index is 0. The maximum atomic E-state index is 11.2. The average molecular weight is 367 g/mol. The van der Waals surface area contributed by atoms with Crippen LogP contribution in [0.15, 0.2) is 11.8 Å². The van der Waals surface area contributed by atoms with Crippen LogP contribution < -0.4 is 0 Å². The van der Waals surface area contributed by atoms with Gasteiger partial charge < -0.3 is 14.6 Å². The van der Waals surface area contributed by atoms with Gasteiger partial charge in [0.25, 0.3) is 0 Å². The Labute approximate surface area is 103 Å². The summed E-state index contributed by atoms with van der Waals surface area (Å²) in [7, 11) is 2.89. The van der Waals surface area contributed by atoms with E-state index in [9.17, 15) is 9.90 Å². The monoisotopic (exact) mass is 368 g/mol. The summed E-state index contributed by atoms with van der Waals surface area (Å²) >= 11 is 0. The maximum absolute atomic E-state index is 11.2. The van der Waals surface area contributed by atoms with Crippen LogP contribution in [0.3, 0.4) is 0 Å². The number of rotatable bonds is 5. The van der Waals surface area contributed by atoms with E-state index < -0.39 is 12.2 Å². The second-order valence-electron chi connectivity index (χ2n) is 2.73. The Kier molecular flexibility index (Phi) is 9.76. The third kappa shape index (κ3) is 5.67. The van der Waals surface area contributed by atoms with Crippen molar-refractivity contribution in [3.05, 3.63) is 11.8 Å². The van der Waals surface area contributed by atoms with Gasteiger partial charge in [-0.15, -0.1) is 0 Å². The molecule has 0 aliphatic rings. The zero-order valence-corrected chi connectivity index (χ0v) is 12.5. The quantitative estimate of drug-likeness (QED) is 0.449. The first-order valence-electron chi connectivity index (χ1n) is 4.03. The summed E-state index contributed by atoms with van der Waals surface area (Å²) in [6, 6.07) is 0. The molecule has 0 spiro atoms. The first kappa shape index (κ1) is 16.4. The third-order valence-electron chi connectivity index (χ3n) is 1.81. The van der Waals surface area contributed by atoms with Crippen LogP contribution in [0.1, 0.15) is 13.8 Å². The fourth-order valence-electron chi connectivity index (χ4n) is 0.617. The van der Waals surface area contributed by atoms with Crippen molar-refractivity contribution in [1.82, 2.24) is 0 Å². The molecule has 2 unspecified atom stereocenters. The molecule has 0 aliphatic carbocycles. The van der Waals surface area contributed by atoms with Crippen LogP contribution in [0, 0.1) is 0 Å². The van der Waals surface area contributed by atoms with Crippen LogP contribution in [0.4, 0.5) is 0 Å². The molecule has 0 aromatic heterocycles. The predicted molar refractivity (Wildman–Crippen MR) is 48.7 cm³/mol. The summed E-state index contributed by atoms with van der Waals surface area (Å²) in [4.78, 5) is 11.2. The molecule has 2 atom stereocenters. The molecule has 14 heavy (non-hydrogen) atoms. The number of ketones is 1. The predicted octanol–water partition coefficient (Wildman–Crippen LogP) is 1.06. The molecule has 0 saturated carbocycles. The van der Waals surface area contributed by atoms with Gasteiger partial charge in [0.15, 0.2) is 5.78 Å². The summed E-state index contributed by atoms with van der Waals surface area (Å²) in [5.41, 5.74) is 0. The second kappa shape index (κ2) is 8.32. The first-order chi connectivity index (χ1) is 6.02. The van der Waals surface area contributed by atoms with Gasteiger partial charge in [-0.3, -0.25) is 4.79 Å². The Morgan fingerprint density at radius 3 is 2.00 bits per heavy atom. The molecule has 0 bridgehead atoms. The molecule has 0 aromatic carbocycles. The Hall–Kier alpha value is 0.000130. The largest absolute Gasteiger partial charge is 0.509 e. The summed E-state index contributed by atoms with van der Waals surface area (Å²) in [6.45, 7) is 3.26. The van der Waals surface area contributed by atoms with E-state index in [1.165, 1.54) is 14.2 Å². The van der Waals surface area contributed by atoms with Gasteiger partial charge in [0.2, 0.25) is 0 Å². The van der Waals surface area contributed by atoms with Crippen LogP contribution in [0.2, 0.25) is 0 Å². The summed E-state index contributed by atoms with van der Waals surface area (Å²) in [5.74, 6) is -0.361. The van der Waals surface area contributed by atoms with E-state index in [2.05, 4.69) is 0 Å². The molecule has 0 saturated heterocycles. The number of methoxy groups -OCH3 is 2. The van der Waals surface area contributed by atoms with Crippen LogP contribution in [-0.4, -0.2) is 37.3 Å². The third-order valence-corrected chi connectivity index (χ3v) is 1.81. The van der Waals surface area contributed by atoms with Gasteiger partial charge in [0.1, 0.15) is 18.0 Å². The minimum absolute atomic E-state index is 0. The smallest absolute Gasteiger partial charge is 0.187 e. The topological polar surface area (TPSA) is 55.8 Å². The van der Waals surface area contributed by atoms with Crippen molar-refractivity contribution in [3.63, 3.8) is 0 Å².